The van der Waals surface area contributed by atoms with Crippen LogP contribution in [0.15, 0.2) is 24.5 Å². The zero-order valence-electron chi connectivity index (χ0n) is 14.3. The lowest BCUT2D eigenvalue weighted by molar-refractivity contribution is -0.0632. The number of carbonyl (C=O) groups is 2. The van der Waals surface area contributed by atoms with Gasteiger partial charge in [0.25, 0.3) is 5.91 Å². The van der Waals surface area contributed by atoms with E-state index in [1.807, 2.05) is 0 Å². The number of aliphatic hydroxyl groups excluding tert-OH is 2. The Labute approximate surface area is 157 Å². The summed E-state index contributed by atoms with van der Waals surface area (Å²) in [5.41, 5.74) is 5.31. The van der Waals surface area contributed by atoms with Crippen molar-refractivity contribution in [2.75, 3.05) is 13.4 Å². The van der Waals surface area contributed by atoms with E-state index in [1.54, 1.807) is 6.07 Å². The van der Waals surface area contributed by atoms with Crippen LogP contribution < -0.4 is 15.2 Å². The number of aromatic nitrogens is 3. The summed E-state index contributed by atoms with van der Waals surface area (Å²) in [7, 11) is 0. The minimum absolute atomic E-state index is 0.0783. The molecule has 1 aromatic carbocycles. The van der Waals surface area contributed by atoms with E-state index in [4.69, 9.17) is 24.7 Å². The summed E-state index contributed by atoms with van der Waals surface area (Å²) in [5.74, 6) is -0.813. The minimum Gasteiger partial charge on any atom is -0.459 e. The highest BCUT2D eigenvalue weighted by atomic mass is 16.7. The van der Waals surface area contributed by atoms with E-state index in [-0.39, 0.29) is 24.8 Å². The molecule has 1 amide bonds. The summed E-state index contributed by atoms with van der Waals surface area (Å²) in [6, 6.07) is 4.58. The Morgan fingerprint density at radius 3 is 2.79 bits per heavy atom. The Morgan fingerprint density at radius 1 is 1.25 bits per heavy atom. The molecule has 0 radical (unpaired) electrons. The molecule has 4 atom stereocenters. The van der Waals surface area contributed by atoms with E-state index in [1.165, 1.54) is 12.1 Å². The third-order valence-electron chi connectivity index (χ3n) is 4.31. The van der Waals surface area contributed by atoms with Gasteiger partial charge in [-0.05, 0) is 18.2 Å². The average molecular weight is 392 g/mol. The highest BCUT2D eigenvalue weighted by molar-refractivity contribution is 5.90. The number of rotatable bonds is 5. The van der Waals surface area contributed by atoms with Gasteiger partial charge in [0.05, 0.1) is 5.56 Å². The van der Waals surface area contributed by atoms with Crippen molar-refractivity contribution in [3.8, 4) is 11.5 Å². The largest absolute Gasteiger partial charge is 0.459 e. The fourth-order valence-electron chi connectivity index (χ4n) is 2.86. The van der Waals surface area contributed by atoms with Crippen LogP contribution in [0.2, 0.25) is 0 Å². The van der Waals surface area contributed by atoms with Crippen LogP contribution in [-0.4, -0.2) is 68.6 Å². The van der Waals surface area contributed by atoms with E-state index in [0.29, 0.717) is 11.5 Å². The SMILES string of the molecule is NC(=O)c1ncn(C2OC(COC(=O)c3ccc4c(c3)OCO4)C(O)[C@H]2O)n1. The summed E-state index contributed by atoms with van der Waals surface area (Å²) < 4.78 is 22.1. The van der Waals surface area contributed by atoms with Gasteiger partial charge < -0.3 is 34.9 Å². The van der Waals surface area contributed by atoms with Gasteiger partial charge in [0.1, 0.15) is 31.2 Å². The zero-order valence-corrected chi connectivity index (χ0v) is 14.3. The standard InChI is InChI=1S/C16H16N4O8/c17-13(23)14-18-5-20(19-14)15-12(22)11(21)10(28-15)4-25-16(24)7-1-2-8-9(3-7)27-6-26-8/h1-3,5,10-12,15,21-22H,4,6H2,(H2,17,23)/t10?,11?,12-,15?/m1/s1. The van der Waals surface area contributed by atoms with Crippen molar-refractivity contribution in [3.63, 3.8) is 0 Å². The van der Waals surface area contributed by atoms with Gasteiger partial charge in [-0.15, -0.1) is 5.10 Å². The molecule has 3 unspecified atom stereocenters. The predicted octanol–water partition coefficient (Wildman–Crippen LogP) is -1.42. The van der Waals surface area contributed by atoms with Crippen LogP contribution in [0.3, 0.4) is 0 Å². The number of esters is 1. The van der Waals surface area contributed by atoms with Crippen molar-refractivity contribution in [2.45, 2.75) is 24.5 Å². The van der Waals surface area contributed by atoms with Crippen LogP contribution >= 0.6 is 0 Å². The molecule has 12 heteroatoms. The molecule has 2 aliphatic heterocycles. The Kier molecular flexibility index (Phi) is 4.58. The molecule has 148 valence electrons. The predicted molar refractivity (Wildman–Crippen MR) is 87.3 cm³/mol. The Morgan fingerprint density at radius 2 is 2.04 bits per heavy atom. The van der Waals surface area contributed by atoms with Gasteiger partial charge in [-0.2, -0.15) is 0 Å². The maximum atomic E-state index is 12.2. The van der Waals surface area contributed by atoms with Crippen molar-refractivity contribution < 1.29 is 38.7 Å². The summed E-state index contributed by atoms with van der Waals surface area (Å²) >= 11 is 0. The summed E-state index contributed by atoms with van der Waals surface area (Å²) in [4.78, 5) is 27.0. The lowest BCUT2D eigenvalue weighted by Gasteiger charge is -2.14. The number of amides is 1. The normalized spacial score (nSPS) is 25.6. The van der Waals surface area contributed by atoms with Gasteiger partial charge in [0, 0.05) is 0 Å². The van der Waals surface area contributed by atoms with Gasteiger partial charge in [-0.25, -0.2) is 14.5 Å². The first kappa shape index (κ1) is 18.2. The van der Waals surface area contributed by atoms with Crippen molar-refractivity contribution >= 4 is 11.9 Å². The molecular formula is C16H16N4O8. The highest BCUT2D eigenvalue weighted by Crippen LogP contribution is 2.33. The van der Waals surface area contributed by atoms with Crippen LogP contribution in [0.5, 0.6) is 11.5 Å². The smallest absolute Gasteiger partial charge is 0.338 e. The molecule has 0 aliphatic carbocycles. The Balaban J connectivity index is 1.39. The Hall–Kier alpha value is -3.22. The molecule has 1 fully saturated rings. The molecule has 2 aliphatic rings. The van der Waals surface area contributed by atoms with Gasteiger partial charge in [0.2, 0.25) is 12.6 Å². The molecule has 28 heavy (non-hydrogen) atoms. The number of aliphatic hydroxyl groups is 2. The number of carbonyl (C=O) groups excluding carboxylic acids is 2. The number of hydrogen-bond acceptors (Lipinski definition) is 10. The van der Waals surface area contributed by atoms with E-state index < -0.39 is 36.4 Å². The van der Waals surface area contributed by atoms with Gasteiger partial charge >= 0.3 is 5.97 Å². The van der Waals surface area contributed by atoms with Crippen molar-refractivity contribution in [2.24, 2.45) is 5.73 Å². The first-order chi connectivity index (χ1) is 13.4. The lowest BCUT2D eigenvalue weighted by atomic mass is 10.1. The van der Waals surface area contributed by atoms with Crippen LogP contribution in [0, 0.1) is 0 Å². The topological polar surface area (TPSA) is 168 Å². The molecule has 1 saturated heterocycles. The van der Waals surface area contributed by atoms with Crippen molar-refractivity contribution in [1.29, 1.82) is 0 Å². The molecule has 1 aromatic heterocycles. The molecule has 12 nitrogen and oxygen atoms in total. The molecule has 2 aromatic rings. The number of nitrogens with two attached hydrogens (primary N) is 1. The van der Waals surface area contributed by atoms with E-state index in [0.717, 1.165) is 11.0 Å². The molecule has 4 rings (SSSR count). The third kappa shape index (κ3) is 3.24. The Bertz CT molecular complexity index is 916. The van der Waals surface area contributed by atoms with E-state index in [2.05, 4.69) is 10.1 Å². The van der Waals surface area contributed by atoms with Gasteiger partial charge in [-0.3, -0.25) is 4.79 Å². The third-order valence-corrected chi connectivity index (χ3v) is 4.31. The molecule has 4 N–H and O–H groups in total. The maximum Gasteiger partial charge on any atom is 0.338 e. The monoisotopic (exact) mass is 392 g/mol. The second-order valence-electron chi connectivity index (χ2n) is 6.13. The van der Waals surface area contributed by atoms with E-state index in [9.17, 15) is 19.8 Å². The van der Waals surface area contributed by atoms with Crippen molar-refractivity contribution in [3.05, 3.63) is 35.9 Å². The number of ether oxygens (including phenoxy) is 4. The second kappa shape index (κ2) is 7.07. The molecule has 0 spiro atoms. The second-order valence-corrected chi connectivity index (χ2v) is 6.13. The highest BCUT2D eigenvalue weighted by Gasteiger charge is 2.45. The average Bonchev–Trinajstić information content (AvgIpc) is 3.40. The first-order valence-electron chi connectivity index (χ1n) is 8.23. The number of primary amides is 1. The first-order valence-corrected chi connectivity index (χ1v) is 8.23. The van der Waals surface area contributed by atoms with Crippen LogP contribution in [0.25, 0.3) is 0 Å². The fraction of sp³-hybridized carbons (Fsp3) is 0.375. The number of fused-ring (bicyclic) bond motifs is 1. The fourth-order valence-corrected chi connectivity index (χ4v) is 2.86. The summed E-state index contributed by atoms with van der Waals surface area (Å²) in [6.07, 6.45) is -3.72. The zero-order chi connectivity index (χ0) is 19.8. The van der Waals surface area contributed by atoms with E-state index >= 15 is 0 Å². The number of nitrogens with zero attached hydrogens (tertiary/aromatic N) is 3. The molecule has 3 heterocycles. The van der Waals surface area contributed by atoms with Crippen LogP contribution in [0.1, 0.15) is 27.2 Å². The maximum absolute atomic E-state index is 12.2. The van der Waals surface area contributed by atoms with Gasteiger partial charge in [0.15, 0.2) is 17.7 Å². The number of benzene rings is 1. The van der Waals surface area contributed by atoms with Crippen LogP contribution in [0.4, 0.5) is 0 Å². The summed E-state index contributed by atoms with van der Waals surface area (Å²) in [6.45, 7) is -0.242. The van der Waals surface area contributed by atoms with Gasteiger partial charge in [-0.1, -0.05) is 0 Å². The van der Waals surface area contributed by atoms with Crippen molar-refractivity contribution in [1.82, 2.24) is 14.8 Å². The minimum atomic E-state index is -1.38. The summed E-state index contributed by atoms with van der Waals surface area (Å²) in [5, 5.41) is 24.1. The lowest BCUT2D eigenvalue weighted by Crippen LogP contribution is -2.34. The quantitative estimate of drug-likeness (QED) is 0.514. The van der Waals surface area contributed by atoms with Crippen LogP contribution in [-0.2, 0) is 9.47 Å². The molecular weight excluding hydrogens is 376 g/mol. The number of hydrogen-bond donors (Lipinski definition) is 3. The molecule has 0 saturated carbocycles. The molecule has 0 bridgehead atoms.